The third kappa shape index (κ3) is 4.04. The Kier molecular flexibility index (Phi) is 5.49. The Labute approximate surface area is 175 Å². The zero-order chi connectivity index (χ0) is 21.3. The van der Waals surface area contributed by atoms with E-state index in [0.29, 0.717) is 25.1 Å². The van der Waals surface area contributed by atoms with Crippen LogP contribution in [-0.2, 0) is 9.53 Å². The van der Waals surface area contributed by atoms with Crippen molar-refractivity contribution >= 4 is 17.8 Å². The third-order valence-corrected chi connectivity index (χ3v) is 6.14. The summed E-state index contributed by atoms with van der Waals surface area (Å²) < 4.78 is 20.5. The van der Waals surface area contributed by atoms with Gasteiger partial charge in [-0.3, -0.25) is 9.69 Å². The van der Waals surface area contributed by atoms with Gasteiger partial charge < -0.3 is 15.0 Å². The van der Waals surface area contributed by atoms with E-state index in [4.69, 9.17) is 4.74 Å². The number of cyclic esters (lactones) is 1. The summed E-state index contributed by atoms with van der Waals surface area (Å²) in [5.41, 5.74) is 0.405. The number of nitrogens with zero attached hydrogens (tertiary/aromatic N) is 3. The fraction of sp³-hybridized carbons (Fsp3) is 0.500. The van der Waals surface area contributed by atoms with Gasteiger partial charge in [-0.15, -0.1) is 0 Å². The number of carbonyl (C=O) groups excluding carboxylic acids is 2. The van der Waals surface area contributed by atoms with Crippen molar-refractivity contribution in [1.82, 2.24) is 15.2 Å². The Morgan fingerprint density at radius 1 is 1.43 bits per heavy atom. The van der Waals surface area contributed by atoms with E-state index in [-0.39, 0.29) is 29.7 Å². The molecule has 1 N–H and O–H groups in total. The molecule has 8 heteroatoms. The van der Waals surface area contributed by atoms with E-state index >= 15 is 4.39 Å². The van der Waals surface area contributed by atoms with Crippen LogP contribution in [0.3, 0.4) is 0 Å². The maximum atomic E-state index is 15.2. The SMILES string of the molecule is CC(=O)NC[C@H]1CN(C2C=C(F)C([C@@]3(C)CCN(c4ccccn4)C3)=CC2)C(=O)O1. The van der Waals surface area contributed by atoms with Crippen molar-refractivity contribution in [3.63, 3.8) is 0 Å². The van der Waals surface area contributed by atoms with E-state index in [0.717, 1.165) is 18.8 Å². The van der Waals surface area contributed by atoms with Gasteiger partial charge in [-0.1, -0.05) is 19.1 Å². The van der Waals surface area contributed by atoms with Crippen molar-refractivity contribution in [3.05, 3.63) is 47.9 Å². The van der Waals surface area contributed by atoms with E-state index in [1.165, 1.54) is 17.9 Å². The topological polar surface area (TPSA) is 74.8 Å². The van der Waals surface area contributed by atoms with Crippen molar-refractivity contribution in [2.24, 2.45) is 5.41 Å². The Hall–Kier alpha value is -2.90. The first-order chi connectivity index (χ1) is 14.4. The van der Waals surface area contributed by atoms with Gasteiger partial charge in [-0.2, -0.15) is 0 Å². The molecule has 2 fully saturated rings. The van der Waals surface area contributed by atoms with E-state index < -0.39 is 12.2 Å². The maximum absolute atomic E-state index is 15.2. The summed E-state index contributed by atoms with van der Waals surface area (Å²) in [6, 6.07) is 5.44. The van der Waals surface area contributed by atoms with Crippen molar-refractivity contribution in [2.45, 2.75) is 38.8 Å². The van der Waals surface area contributed by atoms with Crippen LogP contribution < -0.4 is 10.2 Å². The van der Waals surface area contributed by atoms with Gasteiger partial charge in [0.15, 0.2) is 0 Å². The van der Waals surface area contributed by atoms with Crippen LogP contribution in [0.5, 0.6) is 0 Å². The molecule has 0 saturated carbocycles. The molecule has 0 spiro atoms. The number of rotatable bonds is 5. The van der Waals surface area contributed by atoms with E-state index in [1.807, 2.05) is 24.3 Å². The lowest BCUT2D eigenvalue weighted by Crippen LogP contribution is -2.38. The first-order valence-corrected chi connectivity index (χ1v) is 10.3. The molecule has 7 nitrogen and oxygen atoms in total. The molecule has 0 aromatic carbocycles. The van der Waals surface area contributed by atoms with E-state index in [2.05, 4.69) is 22.1 Å². The van der Waals surface area contributed by atoms with Crippen LogP contribution in [0.2, 0.25) is 0 Å². The summed E-state index contributed by atoms with van der Waals surface area (Å²) in [5.74, 6) is 0.463. The highest BCUT2D eigenvalue weighted by Gasteiger charge is 2.42. The van der Waals surface area contributed by atoms with Gasteiger partial charge in [-0.25, -0.2) is 14.2 Å². The molecule has 160 valence electrons. The second-order valence-electron chi connectivity index (χ2n) is 8.45. The van der Waals surface area contributed by atoms with Gasteiger partial charge >= 0.3 is 6.09 Å². The first-order valence-electron chi connectivity index (χ1n) is 10.3. The zero-order valence-corrected chi connectivity index (χ0v) is 17.3. The van der Waals surface area contributed by atoms with Crippen LogP contribution in [0, 0.1) is 5.41 Å². The average Bonchev–Trinajstić information content (AvgIpc) is 3.30. The second-order valence-corrected chi connectivity index (χ2v) is 8.45. The fourth-order valence-electron chi connectivity index (χ4n) is 4.51. The standard InChI is InChI=1S/C22H27FN4O3/c1-15(28)25-12-17-13-27(21(29)30-17)16-6-7-18(19(23)11-16)22(2)8-10-26(14-22)20-5-3-4-9-24-20/h3-5,7,9,11,16-17H,6,8,10,12-14H2,1-2H3,(H,25,28)/t16?,17-,22-/m0/s1. The molecule has 3 heterocycles. The minimum Gasteiger partial charge on any atom is -0.442 e. The minimum atomic E-state index is -0.468. The van der Waals surface area contributed by atoms with Crippen LogP contribution in [0.15, 0.2) is 47.9 Å². The highest BCUT2D eigenvalue weighted by atomic mass is 19.1. The highest BCUT2D eigenvalue weighted by molar-refractivity contribution is 5.73. The lowest BCUT2D eigenvalue weighted by Gasteiger charge is -2.32. The number of pyridine rings is 1. The molecule has 0 radical (unpaired) electrons. The lowest BCUT2D eigenvalue weighted by atomic mass is 9.77. The summed E-state index contributed by atoms with van der Waals surface area (Å²) in [7, 11) is 0. The quantitative estimate of drug-likeness (QED) is 0.802. The molecular formula is C22H27FN4O3. The van der Waals surface area contributed by atoms with Gasteiger partial charge in [0.2, 0.25) is 5.91 Å². The molecule has 2 saturated heterocycles. The summed E-state index contributed by atoms with van der Waals surface area (Å²) in [4.78, 5) is 31.4. The Balaban J connectivity index is 1.41. The largest absolute Gasteiger partial charge is 0.442 e. The third-order valence-electron chi connectivity index (χ3n) is 6.14. The van der Waals surface area contributed by atoms with Crippen molar-refractivity contribution in [1.29, 1.82) is 0 Å². The second kappa shape index (κ2) is 8.08. The summed E-state index contributed by atoms with van der Waals surface area (Å²) in [6.07, 6.45) is 5.73. The van der Waals surface area contributed by atoms with Gasteiger partial charge in [0.1, 0.15) is 17.7 Å². The molecule has 1 aliphatic carbocycles. The van der Waals surface area contributed by atoms with Gasteiger partial charge in [0, 0.05) is 31.6 Å². The molecule has 0 bridgehead atoms. The van der Waals surface area contributed by atoms with Gasteiger partial charge in [0.05, 0.1) is 19.1 Å². The van der Waals surface area contributed by atoms with Crippen LogP contribution in [0.25, 0.3) is 0 Å². The summed E-state index contributed by atoms with van der Waals surface area (Å²) in [5, 5.41) is 2.65. The lowest BCUT2D eigenvalue weighted by molar-refractivity contribution is -0.119. The van der Waals surface area contributed by atoms with Crippen molar-refractivity contribution in [3.8, 4) is 0 Å². The number of nitrogens with one attached hydrogen (secondary N) is 1. The van der Waals surface area contributed by atoms with Crippen LogP contribution >= 0.6 is 0 Å². The molecule has 1 aromatic rings. The van der Waals surface area contributed by atoms with E-state index in [1.54, 1.807) is 6.20 Å². The van der Waals surface area contributed by atoms with Crippen LogP contribution in [0.4, 0.5) is 15.0 Å². The summed E-state index contributed by atoms with van der Waals surface area (Å²) in [6.45, 7) is 5.62. The molecule has 2 amide bonds. The van der Waals surface area contributed by atoms with Crippen molar-refractivity contribution in [2.75, 3.05) is 31.1 Å². The summed E-state index contributed by atoms with van der Waals surface area (Å²) >= 11 is 0. The molecule has 30 heavy (non-hydrogen) atoms. The predicted octanol–water partition coefficient (Wildman–Crippen LogP) is 2.81. The smallest absolute Gasteiger partial charge is 0.410 e. The first kappa shape index (κ1) is 20.4. The number of ether oxygens (including phenoxy) is 1. The number of hydrogen-bond donors (Lipinski definition) is 1. The number of carbonyl (C=O) groups is 2. The monoisotopic (exact) mass is 414 g/mol. The molecule has 1 aromatic heterocycles. The molecule has 4 rings (SSSR count). The van der Waals surface area contributed by atoms with E-state index in [9.17, 15) is 9.59 Å². The van der Waals surface area contributed by atoms with Crippen LogP contribution in [-0.4, -0.2) is 60.2 Å². The Bertz CT molecular complexity index is 888. The molecule has 3 aliphatic rings. The van der Waals surface area contributed by atoms with Crippen LogP contribution in [0.1, 0.15) is 26.7 Å². The maximum Gasteiger partial charge on any atom is 0.410 e. The number of aromatic nitrogens is 1. The fourth-order valence-corrected chi connectivity index (χ4v) is 4.51. The zero-order valence-electron chi connectivity index (χ0n) is 17.3. The predicted molar refractivity (Wildman–Crippen MR) is 111 cm³/mol. The number of halogens is 1. The molecule has 3 atom stereocenters. The highest BCUT2D eigenvalue weighted by Crippen LogP contribution is 2.44. The average molecular weight is 414 g/mol. The van der Waals surface area contributed by atoms with Gasteiger partial charge in [-0.05, 0) is 36.6 Å². The molecule has 2 aliphatic heterocycles. The number of anilines is 1. The Morgan fingerprint density at radius 3 is 2.97 bits per heavy atom. The molecular weight excluding hydrogens is 387 g/mol. The minimum absolute atomic E-state index is 0.176. The van der Waals surface area contributed by atoms with Gasteiger partial charge in [0.25, 0.3) is 0 Å². The number of amides is 2. The number of hydrogen-bond acceptors (Lipinski definition) is 5. The number of allylic oxidation sites excluding steroid dienone is 1. The molecule has 1 unspecified atom stereocenters. The Morgan fingerprint density at radius 2 is 2.27 bits per heavy atom. The van der Waals surface area contributed by atoms with Crippen molar-refractivity contribution < 1.29 is 18.7 Å². The normalized spacial score (nSPS) is 28.8.